The van der Waals surface area contributed by atoms with Gasteiger partial charge in [0.15, 0.2) is 0 Å². The zero-order chi connectivity index (χ0) is 14.4. The molecule has 0 radical (unpaired) electrons. The maximum absolute atomic E-state index is 11.3. The monoisotopic (exact) mass is 269 g/mol. The van der Waals surface area contributed by atoms with Crippen molar-refractivity contribution in [2.75, 3.05) is 6.54 Å². The molecule has 8 nitrogen and oxygen atoms in total. The number of aromatic carboxylic acids is 1. The van der Waals surface area contributed by atoms with Crippen molar-refractivity contribution in [3.05, 3.63) is 23.2 Å². The van der Waals surface area contributed by atoms with Crippen molar-refractivity contribution in [3.63, 3.8) is 0 Å². The number of carboxylic acid groups (broad SMARTS) is 1. The fraction of sp³-hybridized carbons (Fsp3) is 0.364. The minimum atomic E-state index is -1.08. The molecule has 0 atom stereocenters. The topological polar surface area (TPSA) is 135 Å². The van der Waals surface area contributed by atoms with Crippen LogP contribution in [-0.4, -0.2) is 29.6 Å². The van der Waals surface area contributed by atoms with Gasteiger partial charge in [0, 0.05) is 13.0 Å². The van der Waals surface area contributed by atoms with Crippen LogP contribution in [0.2, 0.25) is 0 Å². The van der Waals surface area contributed by atoms with Gasteiger partial charge in [-0.25, -0.2) is 9.59 Å². The van der Waals surface area contributed by atoms with Crippen LogP contribution in [0.25, 0.3) is 0 Å². The third-order valence-electron chi connectivity index (χ3n) is 2.28. The number of carbonyl (C=O) groups excluding carboxylic acids is 2. The first kappa shape index (κ1) is 14.6. The highest BCUT2D eigenvalue weighted by atomic mass is 16.4. The van der Waals surface area contributed by atoms with Gasteiger partial charge in [-0.15, -0.1) is 0 Å². The molecule has 0 saturated carbocycles. The largest absolute Gasteiger partial charge is 0.478 e. The van der Waals surface area contributed by atoms with Gasteiger partial charge in [0.25, 0.3) is 0 Å². The van der Waals surface area contributed by atoms with E-state index in [-0.39, 0.29) is 30.8 Å². The lowest BCUT2D eigenvalue weighted by Crippen LogP contribution is -2.36. The minimum absolute atomic E-state index is 0.0520. The normalized spacial score (nSPS) is 9.95. The van der Waals surface area contributed by atoms with Crippen LogP contribution < -0.4 is 16.4 Å². The first-order chi connectivity index (χ1) is 8.90. The van der Waals surface area contributed by atoms with E-state index < -0.39 is 17.9 Å². The van der Waals surface area contributed by atoms with Crippen LogP contribution in [0.4, 0.5) is 4.79 Å². The summed E-state index contributed by atoms with van der Waals surface area (Å²) in [7, 11) is 0. The van der Waals surface area contributed by atoms with Crippen molar-refractivity contribution < 1.29 is 23.9 Å². The van der Waals surface area contributed by atoms with Crippen molar-refractivity contribution in [2.24, 2.45) is 5.73 Å². The quantitative estimate of drug-likeness (QED) is 0.574. The molecule has 0 fully saturated rings. The number of primary amides is 1. The molecular formula is C11H15N3O5. The van der Waals surface area contributed by atoms with Gasteiger partial charge in [0.05, 0.1) is 6.54 Å². The van der Waals surface area contributed by atoms with Crippen molar-refractivity contribution >= 4 is 17.9 Å². The lowest BCUT2D eigenvalue weighted by molar-refractivity contribution is -0.117. The molecule has 5 N–H and O–H groups in total. The van der Waals surface area contributed by atoms with E-state index in [0.29, 0.717) is 5.76 Å². The molecule has 0 aliphatic carbocycles. The van der Waals surface area contributed by atoms with E-state index in [2.05, 4.69) is 10.6 Å². The molecule has 0 aromatic carbocycles. The van der Waals surface area contributed by atoms with Crippen molar-refractivity contribution in [2.45, 2.75) is 19.9 Å². The number of amides is 3. The average molecular weight is 269 g/mol. The van der Waals surface area contributed by atoms with Crippen LogP contribution in [0.3, 0.4) is 0 Å². The first-order valence-electron chi connectivity index (χ1n) is 5.52. The third-order valence-corrected chi connectivity index (χ3v) is 2.28. The molecule has 8 heteroatoms. The van der Waals surface area contributed by atoms with E-state index in [1.165, 1.54) is 13.0 Å². The van der Waals surface area contributed by atoms with Gasteiger partial charge in [0.2, 0.25) is 5.91 Å². The summed E-state index contributed by atoms with van der Waals surface area (Å²) in [6.07, 6.45) is 0.0520. The second-order valence-corrected chi connectivity index (χ2v) is 3.81. The maximum Gasteiger partial charge on any atom is 0.339 e. The molecule has 19 heavy (non-hydrogen) atoms. The molecule has 1 heterocycles. The molecule has 3 amide bonds. The zero-order valence-corrected chi connectivity index (χ0v) is 10.4. The third kappa shape index (κ3) is 4.70. The smallest absolute Gasteiger partial charge is 0.339 e. The van der Waals surface area contributed by atoms with Crippen molar-refractivity contribution in [3.8, 4) is 0 Å². The summed E-state index contributed by atoms with van der Waals surface area (Å²) in [6, 6.07) is 0.855. The van der Waals surface area contributed by atoms with Gasteiger partial charge in [-0.1, -0.05) is 0 Å². The number of aryl methyl sites for hydroxylation is 1. The van der Waals surface area contributed by atoms with Crippen molar-refractivity contribution in [1.29, 1.82) is 0 Å². The summed E-state index contributed by atoms with van der Waals surface area (Å²) in [5.74, 6) is -0.982. The number of furan rings is 1. The molecule has 0 bridgehead atoms. The van der Waals surface area contributed by atoms with Crippen LogP contribution in [0.5, 0.6) is 0 Å². The summed E-state index contributed by atoms with van der Waals surface area (Å²) in [5, 5.41) is 13.7. The fourth-order valence-corrected chi connectivity index (χ4v) is 1.37. The number of hydrogen-bond acceptors (Lipinski definition) is 4. The molecular weight excluding hydrogens is 254 g/mol. The lowest BCUT2D eigenvalue weighted by Gasteiger charge is -2.04. The summed E-state index contributed by atoms with van der Waals surface area (Å²) in [5.41, 5.74) is 4.97. The van der Waals surface area contributed by atoms with Crippen LogP contribution >= 0.6 is 0 Å². The number of carboxylic acids is 1. The highest BCUT2D eigenvalue weighted by Gasteiger charge is 2.13. The van der Waals surface area contributed by atoms with Gasteiger partial charge in [-0.3, -0.25) is 4.79 Å². The van der Waals surface area contributed by atoms with Gasteiger partial charge < -0.3 is 25.9 Å². The maximum atomic E-state index is 11.3. The van der Waals surface area contributed by atoms with E-state index in [9.17, 15) is 14.4 Å². The van der Waals surface area contributed by atoms with Gasteiger partial charge in [-0.05, 0) is 13.0 Å². The second kappa shape index (κ2) is 6.43. The summed E-state index contributed by atoms with van der Waals surface area (Å²) >= 11 is 0. The SMILES string of the molecule is Cc1oc(CNC(=O)NCCC(N)=O)cc1C(=O)O. The number of nitrogens with one attached hydrogen (secondary N) is 2. The number of urea groups is 1. The standard InChI is InChI=1S/C11H15N3O5/c1-6-8(10(16)17)4-7(19-6)5-14-11(18)13-3-2-9(12)15/h4H,2-3,5H2,1H3,(H2,12,15)(H,16,17)(H2,13,14,18). The summed E-state index contributed by atoms with van der Waals surface area (Å²) in [6.45, 7) is 1.72. The molecule has 0 saturated heterocycles. The molecule has 0 aliphatic heterocycles. The molecule has 104 valence electrons. The first-order valence-corrected chi connectivity index (χ1v) is 5.52. The van der Waals surface area contributed by atoms with Gasteiger partial charge >= 0.3 is 12.0 Å². The van der Waals surface area contributed by atoms with E-state index in [1.807, 2.05) is 0 Å². The van der Waals surface area contributed by atoms with Gasteiger partial charge in [0.1, 0.15) is 17.1 Å². The van der Waals surface area contributed by atoms with E-state index in [4.69, 9.17) is 15.3 Å². The Hall–Kier alpha value is -2.51. The molecule has 1 rings (SSSR count). The zero-order valence-electron chi connectivity index (χ0n) is 10.4. The highest BCUT2D eigenvalue weighted by molar-refractivity contribution is 5.88. The Morgan fingerprint density at radius 3 is 2.58 bits per heavy atom. The minimum Gasteiger partial charge on any atom is -0.478 e. The Kier molecular flexibility index (Phi) is 4.92. The lowest BCUT2D eigenvalue weighted by atomic mass is 10.2. The predicted octanol–water partition coefficient (Wildman–Crippen LogP) is -0.0392. The number of nitrogens with two attached hydrogens (primary N) is 1. The number of hydrogen-bond donors (Lipinski definition) is 4. The molecule has 0 unspecified atom stereocenters. The average Bonchev–Trinajstić information content (AvgIpc) is 2.67. The Morgan fingerprint density at radius 2 is 2.05 bits per heavy atom. The van der Waals surface area contributed by atoms with Crippen LogP contribution in [0.1, 0.15) is 28.3 Å². The van der Waals surface area contributed by atoms with E-state index in [0.717, 1.165) is 0 Å². The summed E-state index contributed by atoms with van der Waals surface area (Å²) < 4.78 is 5.17. The Morgan fingerprint density at radius 1 is 1.37 bits per heavy atom. The molecule has 1 aromatic rings. The van der Waals surface area contributed by atoms with Crippen molar-refractivity contribution in [1.82, 2.24) is 10.6 Å². The highest BCUT2D eigenvalue weighted by Crippen LogP contribution is 2.14. The Bertz CT molecular complexity index is 495. The second-order valence-electron chi connectivity index (χ2n) is 3.81. The van der Waals surface area contributed by atoms with E-state index in [1.54, 1.807) is 0 Å². The van der Waals surface area contributed by atoms with Gasteiger partial charge in [-0.2, -0.15) is 0 Å². The van der Waals surface area contributed by atoms with Crippen LogP contribution in [-0.2, 0) is 11.3 Å². The van der Waals surface area contributed by atoms with E-state index >= 15 is 0 Å². The fourth-order valence-electron chi connectivity index (χ4n) is 1.37. The number of carbonyl (C=O) groups is 3. The summed E-state index contributed by atoms with van der Waals surface area (Å²) in [4.78, 5) is 32.5. The molecule has 0 aliphatic rings. The predicted molar refractivity (Wildman–Crippen MR) is 64.5 cm³/mol. The molecule has 1 aromatic heterocycles. The number of rotatable bonds is 6. The Labute approximate surface area is 108 Å². The van der Waals surface area contributed by atoms with Crippen LogP contribution in [0.15, 0.2) is 10.5 Å². The Balaban J connectivity index is 2.40. The van der Waals surface area contributed by atoms with Crippen LogP contribution in [0, 0.1) is 6.92 Å². The molecule has 0 spiro atoms.